The maximum atomic E-state index is 13.2. The second-order valence-electron chi connectivity index (χ2n) is 10.1. The molecule has 8 nitrogen and oxygen atoms in total. The summed E-state index contributed by atoms with van der Waals surface area (Å²) in [7, 11) is 0. The van der Waals surface area contributed by atoms with Gasteiger partial charge in [0.15, 0.2) is 6.10 Å². The van der Waals surface area contributed by atoms with Gasteiger partial charge in [-0.25, -0.2) is 14.4 Å². The highest BCUT2D eigenvalue weighted by atomic mass is 16.7. The Labute approximate surface area is 168 Å². The summed E-state index contributed by atoms with van der Waals surface area (Å²) >= 11 is 0. The molecule has 8 atom stereocenters. The highest BCUT2D eigenvalue weighted by molar-refractivity contribution is 6.00. The topological polar surface area (TPSA) is 108 Å². The van der Waals surface area contributed by atoms with Crippen molar-refractivity contribution in [3.8, 4) is 0 Å². The molecule has 4 unspecified atom stereocenters. The van der Waals surface area contributed by atoms with Crippen molar-refractivity contribution in [2.75, 3.05) is 0 Å². The van der Waals surface area contributed by atoms with Crippen LogP contribution in [0.3, 0.4) is 0 Å². The number of hydrogen-bond donors (Lipinski definition) is 1. The zero-order valence-corrected chi connectivity index (χ0v) is 16.1. The van der Waals surface area contributed by atoms with Gasteiger partial charge < -0.3 is 24.1 Å². The summed E-state index contributed by atoms with van der Waals surface area (Å²) in [6, 6.07) is 0. The minimum absolute atomic E-state index is 0. The largest absolute Gasteiger partial charge is 0.459 e. The van der Waals surface area contributed by atoms with E-state index in [4.69, 9.17) is 18.9 Å². The summed E-state index contributed by atoms with van der Waals surface area (Å²) in [6.45, 7) is 7.74. The summed E-state index contributed by atoms with van der Waals surface area (Å²) in [5.41, 5.74) is -3.18. The maximum absolute atomic E-state index is 13.2. The van der Waals surface area contributed by atoms with Crippen LogP contribution in [-0.4, -0.2) is 53.2 Å². The number of aliphatic hydroxyl groups is 1. The number of aliphatic hydroxyl groups excluding tert-OH is 1. The van der Waals surface area contributed by atoms with Gasteiger partial charge in [-0.15, -0.1) is 0 Å². The zero-order valence-electron chi connectivity index (χ0n) is 16.1. The molecule has 6 rings (SSSR count). The molecule has 2 spiro atoms. The lowest BCUT2D eigenvalue weighted by molar-refractivity contribution is -0.191. The number of rotatable bonds is 0. The molecule has 2 aliphatic carbocycles. The first kappa shape index (κ1) is 19.1. The molecule has 29 heavy (non-hydrogen) atoms. The van der Waals surface area contributed by atoms with E-state index >= 15 is 0 Å². The van der Waals surface area contributed by atoms with Crippen LogP contribution in [0.4, 0.5) is 0 Å². The molecular formula is C21H26O8. The van der Waals surface area contributed by atoms with E-state index in [-0.39, 0.29) is 25.2 Å². The summed E-state index contributed by atoms with van der Waals surface area (Å²) in [5, 5.41) is 11.2. The van der Waals surface area contributed by atoms with E-state index in [2.05, 4.69) is 0 Å². The van der Waals surface area contributed by atoms with E-state index < -0.39 is 58.9 Å². The first-order valence-corrected chi connectivity index (χ1v) is 9.73. The zero-order chi connectivity index (χ0) is 20.0. The molecule has 5 fully saturated rings. The molecule has 0 bridgehead atoms. The molecule has 6 aliphatic rings. The fourth-order valence-corrected chi connectivity index (χ4v) is 7.60. The predicted molar refractivity (Wildman–Crippen MR) is 95.9 cm³/mol. The predicted octanol–water partition coefficient (Wildman–Crippen LogP) is 1.25. The van der Waals surface area contributed by atoms with Crippen LogP contribution in [0.5, 0.6) is 0 Å². The average molecular weight is 406 g/mol. The molecule has 0 aromatic carbocycles. The van der Waals surface area contributed by atoms with Gasteiger partial charge >= 0.3 is 17.9 Å². The summed E-state index contributed by atoms with van der Waals surface area (Å²) in [5.74, 6) is -1.97. The number of esters is 3. The van der Waals surface area contributed by atoms with Crippen LogP contribution in [-0.2, 0) is 33.3 Å². The van der Waals surface area contributed by atoms with Crippen molar-refractivity contribution in [1.29, 1.82) is 0 Å². The van der Waals surface area contributed by atoms with Gasteiger partial charge in [0.2, 0.25) is 11.9 Å². The van der Waals surface area contributed by atoms with Crippen molar-refractivity contribution in [1.82, 2.24) is 0 Å². The highest BCUT2D eigenvalue weighted by Crippen LogP contribution is 2.83. The fourth-order valence-electron chi connectivity index (χ4n) is 7.60. The molecule has 0 aromatic heterocycles. The molecule has 0 radical (unpaired) electrons. The van der Waals surface area contributed by atoms with Crippen LogP contribution < -0.4 is 0 Å². The Morgan fingerprint density at radius 1 is 1.10 bits per heavy atom. The van der Waals surface area contributed by atoms with Gasteiger partial charge in [-0.2, -0.15) is 0 Å². The number of carbonyl (C=O) groups excluding carboxylic acids is 3. The van der Waals surface area contributed by atoms with E-state index in [1.54, 1.807) is 6.92 Å². The second-order valence-corrected chi connectivity index (χ2v) is 10.1. The SMILES string of the molecule is C.CC1=C2C(CC34C5C[C@@H](C(C)(C)C)C36[C@@H](OC(=O)[C@@H]6O)O[C@@]24C(=O)O5)OC1=O. The van der Waals surface area contributed by atoms with Gasteiger partial charge in [0.05, 0.1) is 10.8 Å². The standard InChI is InChI=1S/C20H22O8.CH4/c1-7-11-8(25-13(7)22)6-18-10-5-9(17(2,3)4)19(18)12(21)14(23)27-16(19)28-20(11,18)15(24)26-10;/h8-10,12,16,21H,5-6H2,1-4H3;1H4/t8?,9-,10?,12-,16-,18?,19?,20+;/m0./s1. The molecular weight excluding hydrogens is 380 g/mol. The van der Waals surface area contributed by atoms with Crippen LogP contribution in [0.25, 0.3) is 0 Å². The molecule has 0 aromatic rings. The van der Waals surface area contributed by atoms with E-state index in [0.29, 0.717) is 17.6 Å². The monoisotopic (exact) mass is 406 g/mol. The van der Waals surface area contributed by atoms with E-state index in [0.717, 1.165) is 0 Å². The van der Waals surface area contributed by atoms with Crippen molar-refractivity contribution >= 4 is 17.9 Å². The quantitative estimate of drug-likeness (QED) is 0.473. The Balaban J connectivity index is 0.00000181. The van der Waals surface area contributed by atoms with Crippen LogP contribution in [0, 0.1) is 22.2 Å². The molecule has 4 aliphatic heterocycles. The first-order valence-electron chi connectivity index (χ1n) is 9.73. The van der Waals surface area contributed by atoms with Gasteiger partial charge in [-0.05, 0) is 24.7 Å². The molecule has 2 saturated carbocycles. The van der Waals surface area contributed by atoms with Crippen molar-refractivity contribution < 1.29 is 38.4 Å². The van der Waals surface area contributed by atoms with Crippen molar-refractivity contribution in [2.45, 2.75) is 78.2 Å². The Bertz CT molecular complexity index is 914. The van der Waals surface area contributed by atoms with Crippen LogP contribution in [0.1, 0.15) is 48.0 Å². The summed E-state index contributed by atoms with van der Waals surface area (Å²) < 4.78 is 23.2. The third-order valence-electron chi connectivity index (χ3n) is 8.30. The smallest absolute Gasteiger partial charge is 0.344 e. The van der Waals surface area contributed by atoms with Gasteiger partial charge in [-0.1, -0.05) is 28.2 Å². The van der Waals surface area contributed by atoms with Gasteiger partial charge in [0.25, 0.3) is 0 Å². The van der Waals surface area contributed by atoms with Crippen LogP contribution >= 0.6 is 0 Å². The lowest BCUT2D eigenvalue weighted by Crippen LogP contribution is -2.58. The minimum Gasteiger partial charge on any atom is -0.459 e. The van der Waals surface area contributed by atoms with Gasteiger partial charge in [-0.3, -0.25) is 0 Å². The lowest BCUT2D eigenvalue weighted by Gasteiger charge is -2.45. The molecule has 0 amide bonds. The lowest BCUT2D eigenvalue weighted by atomic mass is 9.52. The Morgan fingerprint density at radius 2 is 1.79 bits per heavy atom. The molecule has 1 N–H and O–H groups in total. The second kappa shape index (κ2) is 4.86. The first-order chi connectivity index (χ1) is 13.0. The highest BCUT2D eigenvalue weighted by Gasteiger charge is 2.96. The van der Waals surface area contributed by atoms with Crippen LogP contribution in [0.2, 0.25) is 0 Å². The maximum Gasteiger partial charge on any atom is 0.344 e. The van der Waals surface area contributed by atoms with Crippen LogP contribution in [0.15, 0.2) is 11.1 Å². The number of fused-ring (bicyclic) bond motifs is 1. The van der Waals surface area contributed by atoms with E-state index in [1.165, 1.54) is 0 Å². The molecule has 158 valence electrons. The fraction of sp³-hybridized carbons (Fsp3) is 0.762. The average Bonchev–Trinajstić information content (AvgIpc) is 3.30. The number of hydrogen-bond acceptors (Lipinski definition) is 8. The van der Waals surface area contributed by atoms with E-state index in [1.807, 2.05) is 20.8 Å². The number of ether oxygens (including phenoxy) is 4. The van der Waals surface area contributed by atoms with Crippen molar-refractivity contribution in [2.24, 2.45) is 22.2 Å². The molecule has 8 heteroatoms. The van der Waals surface area contributed by atoms with Crippen molar-refractivity contribution in [3.05, 3.63) is 11.1 Å². The van der Waals surface area contributed by atoms with E-state index in [9.17, 15) is 19.5 Å². The number of carbonyl (C=O) groups is 3. The third-order valence-corrected chi connectivity index (χ3v) is 8.30. The summed E-state index contributed by atoms with van der Waals surface area (Å²) in [6.07, 6.45) is -2.87. The Hall–Kier alpha value is -1.93. The molecule has 3 saturated heterocycles. The van der Waals surface area contributed by atoms with Gasteiger partial charge in [0.1, 0.15) is 12.2 Å². The third kappa shape index (κ3) is 1.51. The Kier molecular flexibility index (Phi) is 3.19. The Morgan fingerprint density at radius 3 is 2.45 bits per heavy atom. The normalized spacial score (nSPS) is 51.2. The van der Waals surface area contributed by atoms with Crippen molar-refractivity contribution in [3.63, 3.8) is 0 Å². The summed E-state index contributed by atoms with van der Waals surface area (Å²) in [4.78, 5) is 37.9. The molecule has 4 heterocycles. The van der Waals surface area contributed by atoms with Gasteiger partial charge in [0, 0.05) is 17.6 Å². The minimum atomic E-state index is -1.55.